The summed E-state index contributed by atoms with van der Waals surface area (Å²) in [6.45, 7) is 0.286. The molecule has 0 saturated carbocycles. The molecule has 0 spiro atoms. The van der Waals surface area contributed by atoms with Crippen LogP contribution in [-0.2, 0) is 6.54 Å². The fraction of sp³-hybridized carbons (Fsp3) is 0.125. The van der Waals surface area contributed by atoms with Crippen LogP contribution >= 0.6 is 23.2 Å². The van der Waals surface area contributed by atoms with E-state index < -0.39 is 6.03 Å². The minimum absolute atomic E-state index is 0.286. The van der Waals surface area contributed by atoms with Crippen LogP contribution in [0, 0.1) is 0 Å². The third-order valence-corrected chi connectivity index (χ3v) is 2.06. The van der Waals surface area contributed by atoms with Crippen molar-refractivity contribution in [2.75, 3.05) is 0 Å². The third kappa shape index (κ3) is 3.13. The molecule has 0 unspecified atom stereocenters. The van der Waals surface area contributed by atoms with Gasteiger partial charge < -0.3 is 11.1 Å². The van der Waals surface area contributed by atoms with Crippen LogP contribution in [0.3, 0.4) is 0 Å². The number of benzene rings is 1. The molecule has 0 fully saturated rings. The Labute approximate surface area is 85.8 Å². The highest BCUT2D eigenvalue weighted by Crippen LogP contribution is 2.20. The van der Waals surface area contributed by atoms with Gasteiger partial charge in [-0.05, 0) is 23.8 Å². The summed E-state index contributed by atoms with van der Waals surface area (Å²) >= 11 is 11.6. The minimum atomic E-state index is -0.587. The van der Waals surface area contributed by atoms with Crippen molar-refractivity contribution in [3.05, 3.63) is 33.8 Å². The van der Waals surface area contributed by atoms with Crippen molar-refractivity contribution in [3.63, 3.8) is 0 Å². The van der Waals surface area contributed by atoms with E-state index in [-0.39, 0.29) is 6.54 Å². The lowest BCUT2D eigenvalue weighted by molar-refractivity contribution is 0.248. The topological polar surface area (TPSA) is 55.1 Å². The van der Waals surface area contributed by atoms with Crippen molar-refractivity contribution in [3.8, 4) is 0 Å². The quantitative estimate of drug-likeness (QED) is 0.786. The number of nitrogens with two attached hydrogens (primary N) is 1. The Balaban J connectivity index is 2.75. The van der Waals surface area contributed by atoms with Gasteiger partial charge in [-0.3, -0.25) is 0 Å². The molecule has 1 rings (SSSR count). The molecule has 3 nitrogen and oxygen atoms in total. The highest BCUT2D eigenvalue weighted by atomic mass is 35.5. The number of carbonyl (C=O) groups is 1. The number of nitrogens with one attached hydrogen (secondary N) is 1. The van der Waals surface area contributed by atoms with Crippen molar-refractivity contribution in [1.82, 2.24) is 5.32 Å². The standard InChI is InChI=1S/C8H8Cl2N2O/c9-6-1-2-7(10)5(3-6)4-12-8(11)13/h1-3H,4H2,(H3,11,12,13). The van der Waals surface area contributed by atoms with Gasteiger partial charge in [-0.1, -0.05) is 23.2 Å². The maximum absolute atomic E-state index is 10.4. The number of hydrogen-bond acceptors (Lipinski definition) is 1. The highest BCUT2D eigenvalue weighted by molar-refractivity contribution is 6.33. The predicted octanol–water partition coefficient (Wildman–Crippen LogP) is 2.16. The van der Waals surface area contributed by atoms with Gasteiger partial charge in [0.15, 0.2) is 0 Å². The zero-order chi connectivity index (χ0) is 9.84. The van der Waals surface area contributed by atoms with Crippen LogP contribution in [0.1, 0.15) is 5.56 Å². The minimum Gasteiger partial charge on any atom is -0.352 e. The SMILES string of the molecule is NC(=O)NCc1cc(Cl)ccc1Cl. The number of hydrogen-bond donors (Lipinski definition) is 2. The molecule has 0 aliphatic heterocycles. The summed E-state index contributed by atoms with van der Waals surface area (Å²) in [4.78, 5) is 10.4. The lowest BCUT2D eigenvalue weighted by Crippen LogP contribution is -2.28. The molecule has 0 atom stereocenters. The van der Waals surface area contributed by atoms with E-state index in [2.05, 4.69) is 5.32 Å². The van der Waals surface area contributed by atoms with Crippen molar-refractivity contribution < 1.29 is 4.79 Å². The van der Waals surface area contributed by atoms with Crippen LogP contribution in [0.5, 0.6) is 0 Å². The summed E-state index contributed by atoms with van der Waals surface area (Å²) in [6, 6.07) is 4.44. The monoisotopic (exact) mass is 218 g/mol. The van der Waals surface area contributed by atoms with Gasteiger partial charge in [0.05, 0.1) is 0 Å². The van der Waals surface area contributed by atoms with Gasteiger partial charge in [-0.2, -0.15) is 0 Å². The normalized spacial score (nSPS) is 9.69. The van der Waals surface area contributed by atoms with Crippen molar-refractivity contribution in [2.45, 2.75) is 6.54 Å². The van der Waals surface area contributed by atoms with Crippen LogP contribution in [0.25, 0.3) is 0 Å². The molecule has 1 aromatic rings. The number of urea groups is 1. The second kappa shape index (κ2) is 4.35. The molecule has 70 valence electrons. The summed E-state index contributed by atoms with van der Waals surface area (Å²) < 4.78 is 0. The van der Waals surface area contributed by atoms with Crippen LogP contribution in [0.15, 0.2) is 18.2 Å². The fourth-order valence-electron chi connectivity index (χ4n) is 0.861. The van der Waals surface area contributed by atoms with Crippen LogP contribution in [0.4, 0.5) is 4.79 Å². The molecule has 0 saturated heterocycles. The number of amides is 2. The van der Waals surface area contributed by atoms with E-state index >= 15 is 0 Å². The summed E-state index contributed by atoms with van der Waals surface area (Å²) in [5.41, 5.74) is 5.65. The summed E-state index contributed by atoms with van der Waals surface area (Å²) in [7, 11) is 0. The van der Waals surface area contributed by atoms with E-state index in [4.69, 9.17) is 28.9 Å². The van der Waals surface area contributed by atoms with Crippen molar-refractivity contribution >= 4 is 29.2 Å². The molecular formula is C8H8Cl2N2O. The fourth-order valence-corrected chi connectivity index (χ4v) is 1.24. The average molecular weight is 219 g/mol. The molecule has 13 heavy (non-hydrogen) atoms. The first-order chi connectivity index (χ1) is 6.09. The van der Waals surface area contributed by atoms with E-state index in [1.165, 1.54) is 0 Å². The van der Waals surface area contributed by atoms with E-state index in [0.29, 0.717) is 10.0 Å². The Morgan fingerprint density at radius 1 is 1.46 bits per heavy atom. The van der Waals surface area contributed by atoms with E-state index in [0.717, 1.165) is 5.56 Å². The zero-order valence-electron chi connectivity index (χ0n) is 6.68. The smallest absolute Gasteiger partial charge is 0.312 e. The predicted molar refractivity (Wildman–Crippen MR) is 52.9 cm³/mol. The Morgan fingerprint density at radius 2 is 2.15 bits per heavy atom. The maximum Gasteiger partial charge on any atom is 0.312 e. The van der Waals surface area contributed by atoms with Crippen molar-refractivity contribution in [1.29, 1.82) is 0 Å². The van der Waals surface area contributed by atoms with Crippen LogP contribution in [-0.4, -0.2) is 6.03 Å². The lowest BCUT2D eigenvalue weighted by Gasteiger charge is -2.04. The third-order valence-electron chi connectivity index (χ3n) is 1.46. The largest absolute Gasteiger partial charge is 0.352 e. The van der Waals surface area contributed by atoms with Gasteiger partial charge in [-0.25, -0.2) is 4.79 Å². The first-order valence-electron chi connectivity index (χ1n) is 3.57. The highest BCUT2D eigenvalue weighted by Gasteiger charge is 2.01. The maximum atomic E-state index is 10.4. The summed E-state index contributed by atoms with van der Waals surface area (Å²) in [5.74, 6) is 0. The average Bonchev–Trinajstić information content (AvgIpc) is 2.06. The van der Waals surface area contributed by atoms with E-state index in [1.807, 2.05) is 0 Å². The first-order valence-corrected chi connectivity index (χ1v) is 4.32. The van der Waals surface area contributed by atoms with Gasteiger partial charge in [0.25, 0.3) is 0 Å². The molecular weight excluding hydrogens is 211 g/mol. The zero-order valence-corrected chi connectivity index (χ0v) is 8.19. The Kier molecular flexibility index (Phi) is 3.39. The Morgan fingerprint density at radius 3 is 2.77 bits per heavy atom. The molecule has 3 N–H and O–H groups in total. The number of primary amides is 1. The molecule has 0 aromatic heterocycles. The number of rotatable bonds is 2. The first kappa shape index (κ1) is 10.2. The second-order valence-corrected chi connectivity index (χ2v) is 3.30. The lowest BCUT2D eigenvalue weighted by atomic mass is 10.2. The van der Waals surface area contributed by atoms with Crippen LogP contribution in [0.2, 0.25) is 10.0 Å². The van der Waals surface area contributed by atoms with Gasteiger partial charge in [-0.15, -0.1) is 0 Å². The second-order valence-electron chi connectivity index (χ2n) is 2.45. The Bertz CT molecular complexity index is 328. The Hall–Kier alpha value is -0.930. The molecule has 0 bridgehead atoms. The van der Waals surface area contributed by atoms with Gasteiger partial charge in [0, 0.05) is 16.6 Å². The number of carbonyl (C=O) groups excluding carboxylic acids is 1. The molecule has 5 heteroatoms. The summed E-state index contributed by atoms with van der Waals surface area (Å²) in [5, 5.41) is 3.55. The summed E-state index contributed by atoms with van der Waals surface area (Å²) in [6.07, 6.45) is 0. The molecule has 1 aromatic carbocycles. The number of halogens is 2. The van der Waals surface area contributed by atoms with E-state index in [1.54, 1.807) is 18.2 Å². The molecule has 0 aliphatic carbocycles. The van der Waals surface area contributed by atoms with Crippen molar-refractivity contribution in [2.24, 2.45) is 5.73 Å². The molecule has 2 amide bonds. The van der Waals surface area contributed by atoms with Gasteiger partial charge in [0.1, 0.15) is 0 Å². The van der Waals surface area contributed by atoms with Gasteiger partial charge in [0.2, 0.25) is 0 Å². The van der Waals surface area contributed by atoms with Gasteiger partial charge >= 0.3 is 6.03 Å². The van der Waals surface area contributed by atoms with E-state index in [9.17, 15) is 4.79 Å². The van der Waals surface area contributed by atoms with Crippen LogP contribution < -0.4 is 11.1 Å². The molecule has 0 aliphatic rings. The molecule has 0 heterocycles. The molecule has 0 radical (unpaired) electrons.